The van der Waals surface area contributed by atoms with E-state index < -0.39 is 0 Å². The Balaban J connectivity index is 2.22. The standard InChI is InChI=1S/C15H18ClN3/c1-11-7-8-18-15(14(11)9-17)19(2)10-12-3-5-13(16)6-4-12/h3-8H,9-10,17H2,1-2H3. The minimum atomic E-state index is 0.500. The van der Waals surface area contributed by atoms with E-state index in [1.807, 2.05) is 43.6 Å². The number of aryl methyl sites for hydroxylation is 1. The van der Waals surface area contributed by atoms with Gasteiger partial charge in [0.15, 0.2) is 0 Å². The van der Waals surface area contributed by atoms with Crippen LogP contribution in [-0.4, -0.2) is 12.0 Å². The van der Waals surface area contributed by atoms with Gasteiger partial charge in [0.25, 0.3) is 0 Å². The van der Waals surface area contributed by atoms with Crippen LogP contribution in [0.1, 0.15) is 16.7 Å². The lowest BCUT2D eigenvalue weighted by atomic mass is 10.1. The second kappa shape index (κ2) is 6.04. The summed E-state index contributed by atoms with van der Waals surface area (Å²) >= 11 is 5.89. The highest BCUT2D eigenvalue weighted by Crippen LogP contribution is 2.21. The molecule has 19 heavy (non-hydrogen) atoms. The zero-order chi connectivity index (χ0) is 13.8. The molecule has 0 bridgehead atoms. The van der Waals surface area contributed by atoms with Crippen molar-refractivity contribution < 1.29 is 0 Å². The molecular weight excluding hydrogens is 258 g/mol. The van der Waals surface area contributed by atoms with E-state index in [-0.39, 0.29) is 0 Å². The maximum Gasteiger partial charge on any atom is 0.133 e. The molecule has 0 radical (unpaired) electrons. The van der Waals surface area contributed by atoms with E-state index in [1.165, 1.54) is 11.1 Å². The van der Waals surface area contributed by atoms with Crippen LogP contribution in [0.2, 0.25) is 5.02 Å². The third kappa shape index (κ3) is 3.25. The Hall–Kier alpha value is -1.58. The van der Waals surface area contributed by atoms with Gasteiger partial charge in [-0.1, -0.05) is 23.7 Å². The number of pyridine rings is 1. The molecule has 2 rings (SSSR count). The van der Waals surface area contributed by atoms with Crippen molar-refractivity contribution in [2.75, 3.05) is 11.9 Å². The van der Waals surface area contributed by atoms with Gasteiger partial charge in [-0.3, -0.25) is 0 Å². The van der Waals surface area contributed by atoms with Gasteiger partial charge in [0.05, 0.1) is 0 Å². The Morgan fingerprint density at radius 3 is 2.53 bits per heavy atom. The van der Waals surface area contributed by atoms with E-state index in [4.69, 9.17) is 17.3 Å². The van der Waals surface area contributed by atoms with Crippen LogP contribution in [0.3, 0.4) is 0 Å². The van der Waals surface area contributed by atoms with Crippen LogP contribution in [0.15, 0.2) is 36.5 Å². The van der Waals surface area contributed by atoms with Crippen LogP contribution in [0.25, 0.3) is 0 Å². The predicted molar refractivity (Wildman–Crippen MR) is 80.4 cm³/mol. The third-order valence-electron chi connectivity index (χ3n) is 3.17. The highest BCUT2D eigenvalue weighted by atomic mass is 35.5. The summed E-state index contributed by atoms with van der Waals surface area (Å²) in [5, 5.41) is 0.753. The average Bonchev–Trinajstić information content (AvgIpc) is 2.41. The molecular formula is C15H18ClN3. The summed E-state index contributed by atoms with van der Waals surface area (Å²) in [7, 11) is 2.02. The number of hydrogen-bond acceptors (Lipinski definition) is 3. The number of nitrogens with zero attached hydrogens (tertiary/aromatic N) is 2. The molecule has 0 aliphatic heterocycles. The predicted octanol–water partition coefficient (Wildman–Crippen LogP) is 3.14. The minimum Gasteiger partial charge on any atom is -0.355 e. The van der Waals surface area contributed by atoms with Crippen LogP contribution in [-0.2, 0) is 13.1 Å². The van der Waals surface area contributed by atoms with Crippen molar-refractivity contribution in [2.24, 2.45) is 5.73 Å². The van der Waals surface area contributed by atoms with E-state index in [9.17, 15) is 0 Å². The summed E-state index contributed by atoms with van der Waals surface area (Å²) < 4.78 is 0. The molecule has 3 nitrogen and oxygen atoms in total. The first-order chi connectivity index (χ1) is 9.11. The Morgan fingerprint density at radius 1 is 1.21 bits per heavy atom. The van der Waals surface area contributed by atoms with Gasteiger partial charge in [-0.25, -0.2) is 4.98 Å². The number of anilines is 1. The van der Waals surface area contributed by atoms with Crippen molar-refractivity contribution in [2.45, 2.75) is 20.0 Å². The Labute approximate surface area is 119 Å². The van der Waals surface area contributed by atoms with Crippen molar-refractivity contribution >= 4 is 17.4 Å². The zero-order valence-electron chi connectivity index (χ0n) is 11.2. The average molecular weight is 276 g/mol. The van der Waals surface area contributed by atoms with E-state index in [1.54, 1.807) is 0 Å². The Bertz CT molecular complexity index is 552. The van der Waals surface area contributed by atoms with Gasteiger partial charge in [-0.15, -0.1) is 0 Å². The van der Waals surface area contributed by atoms with Crippen molar-refractivity contribution in [3.8, 4) is 0 Å². The molecule has 0 saturated carbocycles. The van der Waals surface area contributed by atoms with Gasteiger partial charge < -0.3 is 10.6 Å². The Kier molecular flexibility index (Phi) is 4.40. The molecule has 4 heteroatoms. The molecule has 0 fully saturated rings. The number of aromatic nitrogens is 1. The molecule has 0 saturated heterocycles. The quantitative estimate of drug-likeness (QED) is 0.932. The molecule has 1 heterocycles. The smallest absolute Gasteiger partial charge is 0.133 e. The van der Waals surface area contributed by atoms with E-state index in [2.05, 4.69) is 16.8 Å². The largest absolute Gasteiger partial charge is 0.355 e. The molecule has 0 spiro atoms. The molecule has 0 amide bonds. The number of benzene rings is 1. The van der Waals surface area contributed by atoms with Crippen molar-refractivity contribution in [1.82, 2.24) is 4.98 Å². The van der Waals surface area contributed by atoms with Crippen LogP contribution in [0.5, 0.6) is 0 Å². The second-order valence-corrected chi connectivity index (χ2v) is 5.05. The molecule has 0 unspecified atom stereocenters. The lowest BCUT2D eigenvalue weighted by Crippen LogP contribution is -2.20. The summed E-state index contributed by atoms with van der Waals surface area (Å²) in [6.45, 7) is 3.34. The lowest BCUT2D eigenvalue weighted by Gasteiger charge is -2.22. The fraction of sp³-hybridized carbons (Fsp3) is 0.267. The fourth-order valence-electron chi connectivity index (χ4n) is 2.09. The van der Waals surface area contributed by atoms with Gasteiger partial charge in [0.2, 0.25) is 0 Å². The van der Waals surface area contributed by atoms with Crippen LogP contribution >= 0.6 is 11.6 Å². The summed E-state index contributed by atoms with van der Waals surface area (Å²) in [5.41, 5.74) is 9.28. The minimum absolute atomic E-state index is 0.500. The SMILES string of the molecule is Cc1ccnc(N(C)Cc2ccc(Cl)cc2)c1CN. The fourth-order valence-corrected chi connectivity index (χ4v) is 2.22. The monoisotopic (exact) mass is 275 g/mol. The summed E-state index contributed by atoms with van der Waals surface area (Å²) in [6, 6.07) is 9.84. The molecule has 0 aliphatic rings. The number of halogens is 1. The summed E-state index contributed by atoms with van der Waals surface area (Å²) in [5.74, 6) is 0.942. The maximum absolute atomic E-state index is 5.89. The summed E-state index contributed by atoms with van der Waals surface area (Å²) in [4.78, 5) is 6.55. The molecule has 1 aromatic carbocycles. The van der Waals surface area contributed by atoms with Crippen LogP contribution < -0.4 is 10.6 Å². The number of hydrogen-bond donors (Lipinski definition) is 1. The van der Waals surface area contributed by atoms with Crippen molar-refractivity contribution in [1.29, 1.82) is 0 Å². The molecule has 0 aliphatic carbocycles. The first kappa shape index (κ1) is 13.8. The highest BCUT2D eigenvalue weighted by Gasteiger charge is 2.10. The first-order valence-corrected chi connectivity index (χ1v) is 6.59. The molecule has 0 atom stereocenters. The topological polar surface area (TPSA) is 42.2 Å². The maximum atomic E-state index is 5.89. The molecule has 1 aromatic heterocycles. The van der Waals surface area contributed by atoms with Crippen LogP contribution in [0.4, 0.5) is 5.82 Å². The number of rotatable bonds is 4. The van der Waals surface area contributed by atoms with Crippen LogP contribution in [0, 0.1) is 6.92 Å². The zero-order valence-corrected chi connectivity index (χ0v) is 12.0. The molecule has 100 valence electrons. The van der Waals surface area contributed by atoms with E-state index in [0.29, 0.717) is 6.54 Å². The highest BCUT2D eigenvalue weighted by molar-refractivity contribution is 6.30. The number of nitrogens with two attached hydrogens (primary N) is 1. The van der Waals surface area contributed by atoms with Crippen molar-refractivity contribution in [3.63, 3.8) is 0 Å². The van der Waals surface area contributed by atoms with Gasteiger partial charge in [-0.05, 0) is 36.2 Å². The molecule has 2 N–H and O–H groups in total. The van der Waals surface area contributed by atoms with Gasteiger partial charge >= 0.3 is 0 Å². The van der Waals surface area contributed by atoms with Gasteiger partial charge in [0.1, 0.15) is 5.82 Å². The summed E-state index contributed by atoms with van der Waals surface area (Å²) in [6.07, 6.45) is 1.82. The van der Waals surface area contributed by atoms with Crippen molar-refractivity contribution in [3.05, 3.63) is 58.2 Å². The third-order valence-corrected chi connectivity index (χ3v) is 3.42. The Morgan fingerprint density at radius 2 is 1.89 bits per heavy atom. The second-order valence-electron chi connectivity index (χ2n) is 4.62. The lowest BCUT2D eigenvalue weighted by molar-refractivity contribution is 0.871. The van der Waals surface area contributed by atoms with E-state index >= 15 is 0 Å². The van der Waals surface area contributed by atoms with Gasteiger partial charge in [0, 0.05) is 36.9 Å². The first-order valence-electron chi connectivity index (χ1n) is 6.22. The normalized spacial score (nSPS) is 10.5. The van der Waals surface area contributed by atoms with Gasteiger partial charge in [-0.2, -0.15) is 0 Å². The van der Waals surface area contributed by atoms with E-state index in [0.717, 1.165) is 22.9 Å². The molecule has 2 aromatic rings.